The second kappa shape index (κ2) is 9.12. The number of hydrogen-bond acceptors (Lipinski definition) is 4. The van der Waals surface area contributed by atoms with Gasteiger partial charge in [-0.05, 0) is 82.4 Å². The molecular formula is C20H27N3O3S. The zero-order chi connectivity index (χ0) is 20.0. The fraction of sp³-hybridized carbons (Fsp3) is 0.350. The van der Waals surface area contributed by atoms with Crippen LogP contribution >= 0.6 is 0 Å². The SMILES string of the molecule is Cc1cccc(NC(=O)c2ccc(S(=O)(=O)NCCCN(C)C)cc2)c1C. The van der Waals surface area contributed by atoms with E-state index in [1.165, 1.54) is 24.3 Å². The molecule has 0 bridgehead atoms. The van der Waals surface area contributed by atoms with Crippen molar-refractivity contribution in [3.63, 3.8) is 0 Å². The van der Waals surface area contributed by atoms with Gasteiger partial charge in [0.2, 0.25) is 10.0 Å². The summed E-state index contributed by atoms with van der Waals surface area (Å²) in [6.45, 7) is 5.11. The Balaban J connectivity index is 2.03. The van der Waals surface area contributed by atoms with E-state index >= 15 is 0 Å². The molecule has 27 heavy (non-hydrogen) atoms. The van der Waals surface area contributed by atoms with Gasteiger partial charge < -0.3 is 10.2 Å². The van der Waals surface area contributed by atoms with Crippen molar-refractivity contribution in [2.75, 3.05) is 32.5 Å². The number of benzene rings is 2. The lowest BCUT2D eigenvalue weighted by Gasteiger charge is -2.12. The summed E-state index contributed by atoms with van der Waals surface area (Å²) in [7, 11) is 0.310. The summed E-state index contributed by atoms with van der Waals surface area (Å²) in [5.74, 6) is -0.272. The van der Waals surface area contributed by atoms with Crippen LogP contribution in [0.4, 0.5) is 5.69 Å². The molecule has 0 aliphatic heterocycles. The Morgan fingerprint density at radius 3 is 2.33 bits per heavy atom. The van der Waals surface area contributed by atoms with Crippen molar-refractivity contribution in [2.45, 2.75) is 25.2 Å². The van der Waals surface area contributed by atoms with Gasteiger partial charge in [0.05, 0.1) is 4.90 Å². The maximum absolute atomic E-state index is 12.4. The van der Waals surface area contributed by atoms with Crippen LogP contribution in [0.15, 0.2) is 47.4 Å². The van der Waals surface area contributed by atoms with E-state index in [1.807, 2.05) is 51.0 Å². The second-order valence-electron chi connectivity index (χ2n) is 6.78. The summed E-state index contributed by atoms with van der Waals surface area (Å²) >= 11 is 0. The average Bonchev–Trinajstić information content (AvgIpc) is 2.62. The predicted octanol–water partition coefficient (Wildman–Crippen LogP) is 2.79. The predicted molar refractivity (Wildman–Crippen MR) is 109 cm³/mol. The Morgan fingerprint density at radius 2 is 1.70 bits per heavy atom. The van der Waals surface area contributed by atoms with E-state index in [4.69, 9.17) is 0 Å². The molecule has 0 fully saturated rings. The van der Waals surface area contributed by atoms with Crippen LogP contribution in [-0.2, 0) is 10.0 Å². The van der Waals surface area contributed by atoms with Gasteiger partial charge in [-0.15, -0.1) is 0 Å². The van der Waals surface area contributed by atoms with E-state index in [-0.39, 0.29) is 10.8 Å². The van der Waals surface area contributed by atoms with Crippen molar-refractivity contribution in [2.24, 2.45) is 0 Å². The molecule has 2 N–H and O–H groups in total. The fourth-order valence-corrected chi connectivity index (χ4v) is 3.63. The minimum absolute atomic E-state index is 0.149. The van der Waals surface area contributed by atoms with E-state index in [2.05, 4.69) is 10.0 Å². The van der Waals surface area contributed by atoms with Gasteiger partial charge >= 0.3 is 0 Å². The minimum atomic E-state index is -3.57. The first kappa shape index (κ1) is 21.1. The van der Waals surface area contributed by atoms with Gasteiger partial charge in [0, 0.05) is 17.8 Å². The summed E-state index contributed by atoms with van der Waals surface area (Å²) in [6, 6.07) is 11.7. The first-order valence-electron chi connectivity index (χ1n) is 8.83. The molecule has 0 saturated heterocycles. The monoisotopic (exact) mass is 389 g/mol. The third-order valence-corrected chi connectivity index (χ3v) is 5.83. The minimum Gasteiger partial charge on any atom is -0.322 e. The van der Waals surface area contributed by atoms with E-state index in [9.17, 15) is 13.2 Å². The first-order valence-corrected chi connectivity index (χ1v) is 10.3. The number of aryl methyl sites for hydroxylation is 1. The number of anilines is 1. The first-order chi connectivity index (χ1) is 12.7. The number of sulfonamides is 1. The van der Waals surface area contributed by atoms with E-state index < -0.39 is 10.0 Å². The van der Waals surface area contributed by atoms with Crippen molar-refractivity contribution in [3.05, 3.63) is 59.2 Å². The largest absolute Gasteiger partial charge is 0.322 e. The summed E-state index contributed by atoms with van der Waals surface area (Å²) in [5, 5.41) is 2.87. The molecule has 2 aromatic rings. The number of amides is 1. The van der Waals surface area contributed by atoms with Gasteiger partial charge in [-0.2, -0.15) is 0 Å². The second-order valence-corrected chi connectivity index (χ2v) is 8.55. The molecule has 6 nitrogen and oxygen atoms in total. The molecule has 0 unspecified atom stereocenters. The zero-order valence-electron chi connectivity index (χ0n) is 16.2. The maximum atomic E-state index is 12.4. The van der Waals surface area contributed by atoms with Crippen molar-refractivity contribution >= 4 is 21.6 Å². The number of carbonyl (C=O) groups excluding carboxylic acids is 1. The molecule has 0 radical (unpaired) electrons. The normalized spacial score (nSPS) is 11.6. The van der Waals surface area contributed by atoms with Gasteiger partial charge in [-0.25, -0.2) is 13.1 Å². The third-order valence-electron chi connectivity index (χ3n) is 4.35. The Morgan fingerprint density at radius 1 is 1.04 bits per heavy atom. The molecule has 0 atom stereocenters. The Kier molecular flexibility index (Phi) is 7.12. The van der Waals surface area contributed by atoms with E-state index in [0.29, 0.717) is 12.1 Å². The van der Waals surface area contributed by atoms with Gasteiger partial charge in [-0.1, -0.05) is 12.1 Å². The molecule has 0 spiro atoms. The third kappa shape index (κ3) is 5.89. The fourth-order valence-electron chi connectivity index (χ4n) is 2.55. The Bertz CT molecular complexity index is 891. The highest BCUT2D eigenvalue weighted by atomic mass is 32.2. The van der Waals surface area contributed by atoms with Crippen LogP contribution in [0.3, 0.4) is 0 Å². The molecule has 0 aliphatic rings. The van der Waals surface area contributed by atoms with Gasteiger partial charge in [0.15, 0.2) is 0 Å². The molecule has 0 heterocycles. The van der Waals surface area contributed by atoms with E-state index in [0.717, 1.165) is 29.8 Å². The van der Waals surface area contributed by atoms with Crippen molar-refractivity contribution in [3.8, 4) is 0 Å². The molecule has 2 aromatic carbocycles. The van der Waals surface area contributed by atoms with Gasteiger partial charge in [-0.3, -0.25) is 4.79 Å². The highest BCUT2D eigenvalue weighted by molar-refractivity contribution is 7.89. The molecule has 146 valence electrons. The van der Waals surface area contributed by atoms with Crippen molar-refractivity contribution < 1.29 is 13.2 Å². The molecule has 0 saturated carbocycles. The summed E-state index contributed by atoms with van der Waals surface area (Å²) in [4.78, 5) is 14.6. The van der Waals surface area contributed by atoms with Gasteiger partial charge in [0.1, 0.15) is 0 Å². The van der Waals surface area contributed by atoms with Crippen LogP contribution < -0.4 is 10.0 Å². The summed E-state index contributed by atoms with van der Waals surface area (Å²) in [5.41, 5.74) is 3.25. The Labute approximate surface area is 161 Å². The summed E-state index contributed by atoms with van der Waals surface area (Å²) in [6.07, 6.45) is 0.725. The molecule has 7 heteroatoms. The topological polar surface area (TPSA) is 78.5 Å². The molecule has 2 rings (SSSR count). The Hall–Kier alpha value is -2.22. The lowest BCUT2D eigenvalue weighted by molar-refractivity contribution is 0.102. The molecular weight excluding hydrogens is 362 g/mol. The lowest BCUT2D eigenvalue weighted by atomic mass is 10.1. The number of hydrogen-bond donors (Lipinski definition) is 2. The number of rotatable bonds is 8. The quantitative estimate of drug-likeness (QED) is 0.681. The summed E-state index contributed by atoms with van der Waals surface area (Å²) < 4.78 is 27.2. The van der Waals surface area contributed by atoms with Crippen molar-refractivity contribution in [1.29, 1.82) is 0 Å². The van der Waals surface area contributed by atoms with Crippen LogP contribution in [0.1, 0.15) is 27.9 Å². The lowest BCUT2D eigenvalue weighted by Crippen LogP contribution is -2.27. The van der Waals surface area contributed by atoms with E-state index in [1.54, 1.807) is 0 Å². The zero-order valence-corrected chi connectivity index (χ0v) is 17.1. The smallest absolute Gasteiger partial charge is 0.255 e. The van der Waals surface area contributed by atoms with Crippen molar-refractivity contribution in [1.82, 2.24) is 9.62 Å². The number of nitrogens with one attached hydrogen (secondary N) is 2. The van der Waals surface area contributed by atoms with Crippen LogP contribution in [0.5, 0.6) is 0 Å². The van der Waals surface area contributed by atoms with Crippen LogP contribution in [0, 0.1) is 13.8 Å². The van der Waals surface area contributed by atoms with Crippen LogP contribution in [-0.4, -0.2) is 46.4 Å². The van der Waals surface area contributed by atoms with Crippen LogP contribution in [0.25, 0.3) is 0 Å². The van der Waals surface area contributed by atoms with Crippen LogP contribution in [0.2, 0.25) is 0 Å². The average molecular weight is 390 g/mol. The standard InChI is InChI=1S/C20H27N3O3S/c1-15-7-5-8-19(16(15)2)22-20(24)17-9-11-18(12-10-17)27(25,26)21-13-6-14-23(3)4/h5,7-12,21H,6,13-14H2,1-4H3,(H,22,24). The van der Waals surface area contributed by atoms with Gasteiger partial charge in [0.25, 0.3) is 5.91 Å². The highest BCUT2D eigenvalue weighted by Gasteiger charge is 2.15. The maximum Gasteiger partial charge on any atom is 0.255 e. The molecule has 1 amide bonds. The number of carbonyl (C=O) groups is 1. The molecule has 0 aromatic heterocycles. The number of nitrogens with zero attached hydrogens (tertiary/aromatic N) is 1. The molecule has 0 aliphatic carbocycles. The highest BCUT2D eigenvalue weighted by Crippen LogP contribution is 2.19.